The molecule has 7 nitrogen and oxygen atoms in total. The standard InChI is InChI=1S/C13H23N5O2/c1-8(2)11-10(14)13(17(4)16-11)18-5-6-20-7-9(18)12(19)15-3/h8-9H,5-7,14H2,1-4H3,(H,15,19). The topological polar surface area (TPSA) is 85.4 Å². The molecule has 2 rings (SSSR count). The maximum absolute atomic E-state index is 12.0. The maximum Gasteiger partial charge on any atom is 0.244 e. The second-order valence-corrected chi connectivity index (χ2v) is 5.30. The third-order valence-corrected chi connectivity index (χ3v) is 3.58. The molecule has 1 aromatic rings. The van der Waals surface area contributed by atoms with Crippen molar-refractivity contribution in [3.05, 3.63) is 5.69 Å². The van der Waals surface area contributed by atoms with Crippen molar-refractivity contribution in [2.24, 2.45) is 7.05 Å². The van der Waals surface area contributed by atoms with Crippen LogP contribution in [-0.2, 0) is 16.6 Å². The Morgan fingerprint density at radius 3 is 2.80 bits per heavy atom. The number of likely N-dealkylation sites (N-methyl/N-ethyl adjacent to an activating group) is 1. The summed E-state index contributed by atoms with van der Waals surface area (Å²) in [5.74, 6) is 0.969. The van der Waals surface area contributed by atoms with Crippen LogP contribution >= 0.6 is 0 Å². The van der Waals surface area contributed by atoms with E-state index in [4.69, 9.17) is 10.5 Å². The number of aromatic nitrogens is 2. The second kappa shape index (κ2) is 5.70. The molecule has 1 saturated heterocycles. The first-order chi connectivity index (χ1) is 9.47. The molecule has 1 unspecified atom stereocenters. The molecule has 1 aliphatic heterocycles. The first-order valence-corrected chi connectivity index (χ1v) is 6.85. The SMILES string of the molecule is CNC(=O)C1COCCN1c1c(N)c(C(C)C)nn1C. The van der Waals surface area contributed by atoms with E-state index in [-0.39, 0.29) is 17.9 Å². The van der Waals surface area contributed by atoms with E-state index in [1.165, 1.54) is 0 Å². The number of carbonyl (C=O) groups is 1. The zero-order valence-electron chi connectivity index (χ0n) is 12.5. The highest BCUT2D eigenvalue weighted by atomic mass is 16.5. The second-order valence-electron chi connectivity index (χ2n) is 5.30. The van der Waals surface area contributed by atoms with Crippen LogP contribution in [0.3, 0.4) is 0 Å². The van der Waals surface area contributed by atoms with Crippen LogP contribution in [0.4, 0.5) is 11.5 Å². The molecule has 0 aromatic carbocycles. The maximum atomic E-state index is 12.0. The normalized spacial score (nSPS) is 19.4. The van der Waals surface area contributed by atoms with E-state index < -0.39 is 0 Å². The van der Waals surface area contributed by atoms with Crippen LogP contribution in [-0.4, -0.2) is 48.5 Å². The molecule has 0 spiro atoms. The first-order valence-electron chi connectivity index (χ1n) is 6.85. The van der Waals surface area contributed by atoms with Crippen LogP contribution < -0.4 is 16.0 Å². The molecule has 7 heteroatoms. The summed E-state index contributed by atoms with van der Waals surface area (Å²) < 4.78 is 7.17. The van der Waals surface area contributed by atoms with Crippen LogP contribution in [0.15, 0.2) is 0 Å². The lowest BCUT2D eigenvalue weighted by Crippen LogP contribution is -2.54. The van der Waals surface area contributed by atoms with Crippen molar-refractivity contribution in [1.29, 1.82) is 0 Å². The summed E-state index contributed by atoms with van der Waals surface area (Å²) in [5, 5.41) is 7.15. The minimum atomic E-state index is -0.369. The lowest BCUT2D eigenvalue weighted by Gasteiger charge is -2.35. The fourth-order valence-corrected chi connectivity index (χ4v) is 2.56. The lowest BCUT2D eigenvalue weighted by atomic mass is 10.1. The Balaban J connectivity index is 2.40. The molecular formula is C13H23N5O2. The van der Waals surface area contributed by atoms with Crippen LogP contribution in [0.25, 0.3) is 0 Å². The number of rotatable bonds is 3. The zero-order chi connectivity index (χ0) is 14.9. The number of aryl methyl sites for hydroxylation is 1. The van der Waals surface area contributed by atoms with Gasteiger partial charge in [-0.15, -0.1) is 0 Å². The highest BCUT2D eigenvalue weighted by molar-refractivity contribution is 5.86. The third-order valence-electron chi connectivity index (χ3n) is 3.58. The monoisotopic (exact) mass is 281 g/mol. The van der Waals surface area contributed by atoms with Crippen LogP contribution in [0.1, 0.15) is 25.5 Å². The Morgan fingerprint density at radius 1 is 1.55 bits per heavy atom. The molecule has 112 valence electrons. The number of nitrogens with zero attached hydrogens (tertiary/aromatic N) is 3. The largest absolute Gasteiger partial charge is 0.394 e. The summed E-state index contributed by atoms with van der Waals surface area (Å²) in [4.78, 5) is 14.0. The highest BCUT2D eigenvalue weighted by Gasteiger charge is 2.33. The molecule has 20 heavy (non-hydrogen) atoms. The Bertz CT molecular complexity index is 497. The van der Waals surface area contributed by atoms with Crippen molar-refractivity contribution >= 4 is 17.4 Å². The molecule has 0 aliphatic carbocycles. The Labute approximate surface area is 119 Å². The average Bonchev–Trinajstić information content (AvgIpc) is 2.73. The molecule has 0 bridgehead atoms. The van der Waals surface area contributed by atoms with E-state index in [1.807, 2.05) is 11.9 Å². The van der Waals surface area contributed by atoms with Crippen molar-refractivity contribution in [1.82, 2.24) is 15.1 Å². The minimum absolute atomic E-state index is 0.0728. The first kappa shape index (κ1) is 14.6. The van der Waals surface area contributed by atoms with Gasteiger partial charge in [-0.2, -0.15) is 5.10 Å². The molecule has 1 amide bonds. The molecule has 2 heterocycles. The molecule has 1 aliphatic rings. The Hall–Kier alpha value is -1.76. The average molecular weight is 281 g/mol. The number of nitrogen functional groups attached to an aromatic ring is 1. The van der Waals surface area contributed by atoms with Gasteiger partial charge in [0.05, 0.1) is 24.6 Å². The number of hydrogen-bond donors (Lipinski definition) is 2. The number of hydrogen-bond acceptors (Lipinski definition) is 5. The Kier molecular flexibility index (Phi) is 4.17. The molecular weight excluding hydrogens is 258 g/mol. The molecule has 3 N–H and O–H groups in total. The smallest absolute Gasteiger partial charge is 0.244 e. The number of anilines is 2. The van der Waals surface area contributed by atoms with Crippen LogP contribution in [0.5, 0.6) is 0 Å². The summed E-state index contributed by atoms with van der Waals surface area (Å²) in [5.41, 5.74) is 7.76. The summed E-state index contributed by atoms with van der Waals surface area (Å²) in [6.07, 6.45) is 0. The summed E-state index contributed by atoms with van der Waals surface area (Å²) in [7, 11) is 3.48. The van der Waals surface area contributed by atoms with Crippen molar-refractivity contribution in [3.8, 4) is 0 Å². The van der Waals surface area contributed by atoms with E-state index in [0.29, 0.717) is 25.4 Å². The predicted molar refractivity (Wildman–Crippen MR) is 77.7 cm³/mol. The minimum Gasteiger partial charge on any atom is -0.394 e. The zero-order valence-corrected chi connectivity index (χ0v) is 12.5. The molecule has 0 saturated carbocycles. The van der Waals surface area contributed by atoms with Gasteiger partial charge in [0.1, 0.15) is 6.04 Å². The van der Waals surface area contributed by atoms with E-state index in [0.717, 1.165) is 11.5 Å². The molecule has 1 aromatic heterocycles. The van der Waals surface area contributed by atoms with Gasteiger partial charge in [0.25, 0.3) is 0 Å². The van der Waals surface area contributed by atoms with Crippen molar-refractivity contribution in [2.75, 3.05) is 37.4 Å². The predicted octanol–water partition coefficient (Wildman–Crippen LogP) is 0.0769. The van der Waals surface area contributed by atoms with Crippen LogP contribution in [0, 0.1) is 0 Å². The number of nitrogens with two attached hydrogens (primary N) is 1. The van der Waals surface area contributed by atoms with E-state index in [9.17, 15) is 4.79 Å². The summed E-state index contributed by atoms with van der Waals surface area (Å²) >= 11 is 0. The number of morpholine rings is 1. The van der Waals surface area contributed by atoms with Gasteiger partial charge in [-0.25, -0.2) is 0 Å². The summed E-state index contributed by atoms with van der Waals surface area (Å²) in [6, 6.07) is -0.369. The van der Waals surface area contributed by atoms with Crippen molar-refractivity contribution < 1.29 is 9.53 Å². The third kappa shape index (κ3) is 2.45. The van der Waals surface area contributed by atoms with E-state index >= 15 is 0 Å². The Morgan fingerprint density at radius 2 is 2.25 bits per heavy atom. The van der Waals surface area contributed by atoms with Gasteiger partial charge in [0.2, 0.25) is 5.91 Å². The van der Waals surface area contributed by atoms with E-state index in [1.54, 1.807) is 11.7 Å². The van der Waals surface area contributed by atoms with Crippen molar-refractivity contribution in [3.63, 3.8) is 0 Å². The van der Waals surface area contributed by atoms with Gasteiger partial charge in [-0.3, -0.25) is 9.48 Å². The van der Waals surface area contributed by atoms with Gasteiger partial charge in [0, 0.05) is 20.6 Å². The van der Waals surface area contributed by atoms with Gasteiger partial charge >= 0.3 is 0 Å². The van der Waals surface area contributed by atoms with Crippen molar-refractivity contribution in [2.45, 2.75) is 25.8 Å². The number of carbonyl (C=O) groups excluding carboxylic acids is 1. The highest BCUT2D eigenvalue weighted by Crippen LogP contribution is 2.32. The molecule has 1 atom stereocenters. The number of nitrogens with one attached hydrogen (secondary N) is 1. The van der Waals surface area contributed by atoms with E-state index in [2.05, 4.69) is 24.3 Å². The fraction of sp³-hybridized carbons (Fsp3) is 0.692. The molecule has 1 fully saturated rings. The lowest BCUT2D eigenvalue weighted by molar-refractivity contribution is -0.124. The number of amides is 1. The van der Waals surface area contributed by atoms with Gasteiger partial charge in [-0.1, -0.05) is 13.8 Å². The van der Waals surface area contributed by atoms with Crippen LogP contribution in [0.2, 0.25) is 0 Å². The fourth-order valence-electron chi connectivity index (χ4n) is 2.56. The van der Waals surface area contributed by atoms with Gasteiger partial charge in [0.15, 0.2) is 5.82 Å². The molecule has 0 radical (unpaired) electrons. The number of ether oxygens (including phenoxy) is 1. The van der Waals surface area contributed by atoms with Gasteiger partial charge in [-0.05, 0) is 5.92 Å². The summed E-state index contributed by atoms with van der Waals surface area (Å²) in [6.45, 7) is 5.67. The quantitative estimate of drug-likeness (QED) is 0.819. The van der Waals surface area contributed by atoms with Gasteiger partial charge < -0.3 is 20.7 Å².